The van der Waals surface area contributed by atoms with E-state index in [1.54, 1.807) is 18.2 Å². The highest BCUT2D eigenvalue weighted by Gasteiger charge is 2.25. The molecule has 3 aromatic heterocycles. The molecule has 0 saturated heterocycles. The van der Waals surface area contributed by atoms with Crippen LogP contribution in [0.2, 0.25) is 0 Å². The Balaban J connectivity index is 1.78. The van der Waals surface area contributed by atoms with Gasteiger partial charge in [0.25, 0.3) is 0 Å². The maximum Gasteiger partial charge on any atom is 0.366 e. The van der Waals surface area contributed by atoms with Crippen LogP contribution in [0.3, 0.4) is 0 Å². The summed E-state index contributed by atoms with van der Waals surface area (Å²) in [5.41, 5.74) is 0.832. The number of pyridine rings is 1. The molecule has 0 radical (unpaired) electrons. The standard InChI is InChI=1S/C17H10N4O3S2/c22-16-14(21(23)24)15(19-13-8-4-5-9-20(13)16)26-17-18-12(10-25-17)11-6-2-1-3-7-11/h1-10H. The van der Waals surface area contributed by atoms with Gasteiger partial charge in [0.1, 0.15) is 5.65 Å². The number of nitrogens with zero attached hydrogens (tertiary/aromatic N) is 4. The van der Waals surface area contributed by atoms with E-state index in [0.717, 1.165) is 23.0 Å². The molecular formula is C17H10N4O3S2. The largest absolute Gasteiger partial charge is 0.366 e. The van der Waals surface area contributed by atoms with Crippen LogP contribution in [0.4, 0.5) is 5.69 Å². The fraction of sp³-hybridized carbons (Fsp3) is 0. The maximum atomic E-state index is 12.5. The summed E-state index contributed by atoms with van der Waals surface area (Å²) in [5.74, 6) is 0. The lowest BCUT2D eigenvalue weighted by atomic mass is 10.2. The van der Waals surface area contributed by atoms with Crippen molar-refractivity contribution in [3.05, 3.63) is 80.6 Å². The van der Waals surface area contributed by atoms with E-state index in [1.807, 2.05) is 35.7 Å². The molecule has 4 aromatic rings. The van der Waals surface area contributed by atoms with Gasteiger partial charge in [-0.1, -0.05) is 36.4 Å². The van der Waals surface area contributed by atoms with Gasteiger partial charge in [0.15, 0.2) is 9.37 Å². The molecule has 3 heterocycles. The summed E-state index contributed by atoms with van der Waals surface area (Å²) in [4.78, 5) is 32.0. The predicted molar refractivity (Wildman–Crippen MR) is 99.8 cm³/mol. The summed E-state index contributed by atoms with van der Waals surface area (Å²) >= 11 is 2.38. The van der Waals surface area contributed by atoms with E-state index in [4.69, 9.17) is 0 Å². The number of fused-ring (bicyclic) bond motifs is 1. The number of hydrogen-bond donors (Lipinski definition) is 0. The fourth-order valence-corrected chi connectivity index (χ4v) is 4.25. The summed E-state index contributed by atoms with van der Waals surface area (Å²) in [6.07, 6.45) is 1.46. The maximum absolute atomic E-state index is 12.5. The Morgan fingerprint density at radius 3 is 2.62 bits per heavy atom. The molecule has 0 fully saturated rings. The van der Waals surface area contributed by atoms with Gasteiger partial charge >= 0.3 is 11.2 Å². The highest BCUT2D eigenvalue weighted by atomic mass is 32.2. The lowest BCUT2D eigenvalue weighted by molar-refractivity contribution is -0.389. The predicted octanol–water partition coefficient (Wildman–Crippen LogP) is 3.88. The van der Waals surface area contributed by atoms with Gasteiger partial charge in [-0.25, -0.2) is 9.97 Å². The van der Waals surface area contributed by atoms with Crippen LogP contribution in [0.25, 0.3) is 16.9 Å². The van der Waals surface area contributed by atoms with E-state index in [-0.39, 0.29) is 5.03 Å². The van der Waals surface area contributed by atoms with E-state index in [9.17, 15) is 14.9 Å². The highest BCUT2D eigenvalue weighted by Crippen LogP contribution is 2.35. The van der Waals surface area contributed by atoms with Crippen molar-refractivity contribution in [1.82, 2.24) is 14.4 Å². The number of thiazole rings is 1. The van der Waals surface area contributed by atoms with Gasteiger partial charge in [-0.2, -0.15) is 0 Å². The quantitative estimate of drug-likeness (QED) is 0.302. The van der Waals surface area contributed by atoms with Gasteiger partial charge in [-0.3, -0.25) is 19.3 Å². The fourth-order valence-electron chi connectivity index (χ4n) is 2.42. The zero-order chi connectivity index (χ0) is 18.1. The third kappa shape index (κ3) is 2.98. The molecule has 9 heteroatoms. The lowest BCUT2D eigenvalue weighted by Gasteiger charge is -2.03. The number of rotatable bonds is 4. The van der Waals surface area contributed by atoms with E-state index >= 15 is 0 Å². The van der Waals surface area contributed by atoms with Crippen molar-refractivity contribution >= 4 is 34.4 Å². The molecule has 4 rings (SSSR count). The first kappa shape index (κ1) is 16.4. The van der Waals surface area contributed by atoms with Crippen molar-refractivity contribution in [3.63, 3.8) is 0 Å². The molecule has 0 aliphatic rings. The molecule has 0 unspecified atom stereocenters. The van der Waals surface area contributed by atoms with Crippen molar-refractivity contribution in [3.8, 4) is 11.3 Å². The zero-order valence-corrected chi connectivity index (χ0v) is 14.7. The molecule has 26 heavy (non-hydrogen) atoms. The number of hydrogen-bond acceptors (Lipinski definition) is 7. The first-order chi connectivity index (χ1) is 12.6. The Morgan fingerprint density at radius 1 is 1.08 bits per heavy atom. The number of aromatic nitrogens is 3. The summed E-state index contributed by atoms with van der Waals surface area (Å²) < 4.78 is 1.75. The van der Waals surface area contributed by atoms with Crippen LogP contribution in [0.1, 0.15) is 0 Å². The van der Waals surface area contributed by atoms with Crippen LogP contribution < -0.4 is 5.56 Å². The van der Waals surface area contributed by atoms with Crippen LogP contribution in [0.15, 0.2) is 74.3 Å². The second kappa shape index (κ2) is 6.70. The van der Waals surface area contributed by atoms with Crippen molar-refractivity contribution < 1.29 is 4.92 Å². The van der Waals surface area contributed by atoms with Crippen molar-refractivity contribution in [2.75, 3.05) is 0 Å². The first-order valence-corrected chi connectivity index (χ1v) is 9.17. The van der Waals surface area contributed by atoms with Crippen LogP contribution in [-0.2, 0) is 0 Å². The molecule has 0 aliphatic heterocycles. The Hall–Kier alpha value is -3.04. The van der Waals surface area contributed by atoms with Crippen molar-refractivity contribution in [1.29, 1.82) is 0 Å². The molecule has 0 aliphatic carbocycles. The second-order valence-corrected chi connectivity index (χ2v) is 7.32. The van der Waals surface area contributed by atoms with Crippen LogP contribution >= 0.6 is 23.1 Å². The van der Waals surface area contributed by atoms with Crippen molar-refractivity contribution in [2.24, 2.45) is 0 Å². The van der Waals surface area contributed by atoms with Gasteiger partial charge < -0.3 is 0 Å². The third-order valence-electron chi connectivity index (χ3n) is 3.60. The molecular weight excluding hydrogens is 372 g/mol. The summed E-state index contributed by atoms with van der Waals surface area (Å²) in [6, 6.07) is 14.6. The Labute approximate surface area is 155 Å². The average molecular weight is 382 g/mol. The average Bonchev–Trinajstić information content (AvgIpc) is 3.11. The van der Waals surface area contributed by atoms with E-state index < -0.39 is 16.2 Å². The molecule has 0 bridgehead atoms. The van der Waals surface area contributed by atoms with Gasteiger partial charge in [0, 0.05) is 17.1 Å². The van der Waals surface area contributed by atoms with Gasteiger partial charge in [-0.05, 0) is 23.9 Å². The smallest absolute Gasteiger partial charge is 0.262 e. The molecule has 0 atom stereocenters. The van der Waals surface area contributed by atoms with Crippen LogP contribution in [-0.4, -0.2) is 19.3 Å². The van der Waals surface area contributed by atoms with Crippen LogP contribution in [0.5, 0.6) is 0 Å². The Kier molecular flexibility index (Phi) is 4.23. The van der Waals surface area contributed by atoms with E-state index in [2.05, 4.69) is 9.97 Å². The topological polar surface area (TPSA) is 90.4 Å². The van der Waals surface area contributed by atoms with Crippen LogP contribution in [0, 0.1) is 10.1 Å². The third-order valence-corrected chi connectivity index (χ3v) is 5.51. The van der Waals surface area contributed by atoms with E-state index in [1.165, 1.54) is 21.9 Å². The highest BCUT2D eigenvalue weighted by molar-refractivity contribution is 8.01. The Morgan fingerprint density at radius 2 is 1.85 bits per heavy atom. The lowest BCUT2D eigenvalue weighted by Crippen LogP contribution is -2.19. The second-order valence-electron chi connectivity index (χ2n) is 5.22. The molecule has 1 aromatic carbocycles. The molecule has 0 amide bonds. The van der Waals surface area contributed by atoms with E-state index in [0.29, 0.717) is 9.99 Å². The zero-order valence-electron chi connectivity index (χ0n) is 13.1. The minimum absolute atomic E-state index is 0.0418. The summed E-state index contributed by atoms with van der Waals surface area (Å²) in [6.45, 7) is 0. The summed E-state index contributed by atoms with van der Waals surface area (Å²) in [7, 11) is 0. The molecule has 0 spiro atoms. The molecule has 7 nitrogen and oxygen atoms in total. The van der Waals surface area contributed by atoms with Crippen molar-refractivity contribution in [2.45, 2.75) is 9.37 Å². The van der Waals surface area contributed by atoms with Gasteiger partial charge in [0.05, 0.1) is 10.6 Å². The minimum atomic E-state index is -0.706. The first-order valence-electron chi connectivity index (χ1n) is 7.48. The normalized spacial score (nSPS) is 10.9. The molecule has 0 saturated carbocycles. The Bertz CT molecular complexity index is 1170. The number of benzene rings is 1. The SMILES string of the molecule is O=c1c([N+](=O)[O-])c(Sc2nc(-c3ccccc3)cs2)nc2ccccn12. The van der Waals surface area contributed by atoms with Gasteiger partial charge in [0.2, 0.25) is 0 Å². The summed E-state index contributed by atoms with van der Waals surface area (Å²) in [5, 5.41) is 13.3. The number of nitro groups is 1. The van der Waals surface area contributed by atoms with Gasteiger partial charge in [-0.15, -0.1) is 11.3 Å². The molecule has 128 valence electrons. The monoisotopic (exact) mass is 382 g/mol. The minimum Gasteiger partial charge on any atom is -0.262 e. The molecule has 0 N–H and O–H groups in total.